The van der Waals surface area contributed by atoms with E-state index in [1.165, 1.54) is 11.1 Å². The van der Waals surface area contributed by atoms with Crippen LogP contribution in [-0.2, 0) is 4.79 Å². The summed E-state index contributed by atoms with van der Waals surface area (Å²) in [6.45, 7) is 10.9. The Bertz CT molecular complexity index is 269. The van der Waals surface area contributed by atoms with Crippen molar-refractivity contribution in [2.45, 2.75) is 60.3 Å². The fourth-order valence-electron chi connectivity index (χ4n) is 1.69. The molecule has 0 bridgehead atoms. The maximum atomic E-state index is 10.4. The molecule has 0 spiro atoms. The van der Waals surface area contributed by atoms with Crippen molar-refractivity contribution < 1.29 is 4.79 Å². The number of rotatable bonds is 8. The van der Waals surface area contributed by atoms with E-state index in [1.807, 2.05) is 0 Å². The molecule has 98 valence electrons. The molecule has 0 saturated heterocycles. The molecule has 0 aromatic heterocycles. The third kappa shape index (κ3) is 8.91. The van der Waals surface area contributed by atoms with Crippen LogP contribution in [0.5, 0.6) is 0 Å². The third-order valence-electron chi connectivity index (χ3n) is 3.37. The molecule has 0 aliphatic heterocycles. The molecule has 0 heterocycles. The number of aldehydes is 1. The molecular formula is C16H28O. The molecule has 1 heteroatoms. The molecule has 0 rings (SSSR count). The molecule has 1 nitrogen and oxygen atoms in total. The molecule has 17 heavy (non-hydrogen) atoms. The third-order valence-corrected chi connectivity index (χ3v) is 3.37. The van der Waals surface area contributed by atoms with Crippen LogP contribution < -0.4 is 0 Å². The summed E-state index contributed by atoms with van der Waals surface area (Å²) in [7, 11) is 0. The fourth-order valence-corrected chi connectivity index (χ4v) is 1.69. The van der Waals surface area contributed by atoms with Gasteiger partial charge in [-0.15, -0.1) is 0 Å². The van der Waals surface area contributed by atoms with E-state index < -0.39 is 0 Å². The van der Waals surface area contributed by atoms with Gasteiger partial charge in [0.15, 0.2) is 0 Å². The largest absolute Gasteiger partial charge is 0.303 e. The van der Waals surface area contributed by atoms with Gasteiger partial charge >= 0.3 is 0 Å². The smallest absolute Gasteiger partial charge is 0.120 e. The van der Waals surface area contributed by atoms with Crippen molar-refractivity contribution in [1.82, 2.24) is 0 Å². The van der Waals surface area contributed by atoms with Gasteiger partial charge in [-0.05, 0) is 51.9 Å². The SMILES string of the molecule is CC(C)=CCCC(C)=CC[C@@H](C)[C@@H](C)CC=O. The van der Waals surface area contributed by atoms with Gasteiger partial charge in [0.2, 0.25) is 0 Å². The molecule has 2 atom stereocenters. The predicted octanol–water partition coefficient (Wildman–Crippen LogP) is 4.93. The van der Waals surface area contributed by atoms with Crippen LogP contribution in [0.15, 0.2) is 23.3 Å². The summed E-state index contributed by atoms with van der Waals surface area (Å²) in [5.74, 6) is 1.09. The van der Waals surface area contributed by atoms with E-state index >= 15 is 0 Å². The van der Waals surface area contributed by atoms with Gasteiger partial charge in [0.25, 0.3) is 0 Å². The zero-order valence-corrected chi connectivity index (χ0v) is 12.1. The predicted molar refractivity (Wildman–Crippen MR) is 76.0 cm³/mol. The first-order valence-corrected chi connectivity index (χ1v) is 6.70. The highest BCUT2D eigenvalue weighted by Crippen LogP contribution is 2.19. The highest BCUT2D eigenvalue weighted by Gasteiger charge is 2.09. The maximum absolute atomic E-state index is 10.4. The summed E-state index contributed by atoms with van der Waals surface area (Å²) in [4.78, 5) is 10.4. The normalized spacial score (nSPS) is 15.2. The number of carbonyl (C=O) groups is 1. The summed E-state index contributed by atoms with van der Waals surface area (Å²) in [5, 5.41) is 0. The van der Waals surface area contributed by atoms with Crippen molar-refractivity contribution >= 4 is 6.29 Å². The van der Waals surface area contributed by atoms with E-state index in [1.54, 1.807) is 0 Å². The summed E-state index contributed by atoms with van der Waals surface area (Å²) in [5.41, 5.74) is 2.86. The minimum absolute atomic E-state index is 0.495. The molecule has 0 saturated carbocycles. The average Bonchev–Trinajstić information content (AvgIpc) is 2.25. The van der Waals surface area contributed by atoms with Gasteiger partial charge in [-0.1, -0.05) is 37.1 Å². The first-order chi connectivity index (χ1) is 7.97. The summed E-state index contributed by atoms with van der Waals surface area (Å²) in [6.07, 6.45) is 9.73. The van der Waals surface area contributed by atoms with E-state index in [0.29, 0.717) is 18.3 Å². The van der Waals surface area contributed by atoms with E-state index in [4.69, 9.17) is 0 Å². The van der Waals surface area contributed by atoms with Crippen molar-refractivity contribution in [2.75, 3.05) is 0 Å². The van der Waals surface area contributed by atoms with Gasteiger partial charge in [-0.25, -0.2) is 0 Å². The highest BCUT2D eigenvalue weighted by molar-refractivity contribution is 5.49. The Morgan fingerprint density at radius 3 is 2.12 bits per heavy atom. The Labute approximate surface area is 107 Å². The minimum Gasteiger partial charge on any atom is -0.303 e. The van der Waals surface area contributed by atoms with Crippen LogP contribution >= 0.6 is 0 Å². The summed E-state index contributed by atoms with van der Waals surface area (Å²) in [6, 6.07) is 0. The van der Waals surface area contributed by atoms with Crippen LogP contribution in [0.2, 0.25) is 0 Å². The van der Waals surface area contributed by atoms with E-state index in [0.717, 1.165) is 25.5 Å². The molecule has 0 fully saturated rings. The van der Waals surface area contributed by atoms with Crippen molar-refractivity contribution in [2.24, 2.45) is 11.8 Å². The van der Waals surface area contributed by atoms with Gasteiger partial charge in [0, 0.05) is 6.42 Å². The molecule has 0 unspecified atom stereocenters. The Morgan fingerprint density at radius 1 is 1.00 bits per heavy atom. The molecular weight excluding hydrogens is 208 g/mol. The first kappa shape index (κ1) is 16.1. The van der Waals surface area contributed by atoms with Crippen molar-refractivity contribution in [1.29, 1.82) is 0 Å². The van der Waals surface area contributed by atoms with Gasteiger partial charge in [0.05, 0.1) is 0 Å². The van der Waals surface area contributed by atoms with Gasteiger partial charge in [-0.3, -0.25) is 0 Å². The fraction of sp³-hybridized carbons (Fsp3) is 0.688. The minimum atomic E-state index is 0.495. The number of allylic oxidation sites excluding steroid dienone is 4. The Morgan fingerprint density at radius 2 is 1.59 bits per heavy atom. The molecule has 0 N–H and O–H groups in total. The standard InChI is InChI=1S/C16H28O/c1-13(2)7-6-8-14(3)9-10-15(4)16(5)11-12-17/h7,9,12,15-16H,6,8,10-11H2,1-5H3/t15-,16+/m1/s1. The Hall–Kier alpha value is -0.850. The first-order valence-electron chi connectivity index (χ1n) is 6.70. The van der Waals surface area contributed by atoms with E-state index in [9.17, 15) is 4.79 Å². The summed E-state index contributed by atoms with van der Waals surface area (Å²) >= 11 is 0. The van der Waals surface area contributed by atoms with Crippen molar-refractivity contribution in [3.05, 3.63) is 23.3 Å². The molecule has 0 amide bonds. The number of hydrogen-bond donors (Lipinski definition) is 0. The van der Waals surface area contributed by atoms with Crippen molar-refractivity contribution in [3.8, 4) is 0 Å². The van der Waals surface area contributed by atoms with Gasteiger partial charge in [-0.2, -0.15) is 0 Å². The van der Waals surface area contributed by atoms with Crippen LogP contribution in [-0.4, -0.2) is 6.29 Å². The monoisotopic (exact) mass is 236 g/mol. The zero-order valence-electron chi connectivity index (χ0n) is 12.1. The second-order valence-electron chi connectivity index (χ2n) is 5.46. The second-order valence-corrected chi connectivity index (χ2v) is 5.46. The molecule has 0 aromatic carbocycles. The van der Waals surface area contributed by atoms with Crippen molar-refractivity contribution in [3.63, 3.8) is 0 Å². The highest BCUT2D eigenvalue weighted by atomic mass is 16.1. The molecule has 0 aromatic rings. The van der Waals surface area contributed by atoms with Crippen LogP contribution in [0.4, 0.5) is 0 Å². The Kier molecular flexibility index (Phi) is 8.75. The molecule has 0 radical (unpaired) electrons. The van der Waals surface area contributed by atoms with Crippen LogP contribution in [0, 0.1) is 11.8 Å². The Balaban J connectivity index is 3.97. The molecule has 0 aliphatic carbocycles. The van der Waals surface area contributed by atoms with Gasteiger partial charge in [0.1, 0.15) is 6.29 Å². The van der Waals surface area contributed by atoms with Crippen LogP contribution in [0.25, 0.3) is 0 Å². The lowest BCUT2D eigenvalue weighted by molar-refractivity contribution is -0.108. The van der Waals surface area contributed by atoms with Crippen LogP contribution in [0.3, 0.4) is 0 Å². The topological polar surface area (TPSA) is 17.1 Å². The maximum Gasteiger partial charge on any atom is 0.120 e. The number of hydrogen-bond acceptors (Lipinski definition) is 1. The van der Waals surface area contributed by atoms with E-state index in [2.05, 4.69) is 46.8 Å². The molecule has 0 aliphatic rings. The lowest BCUT2D eigenvalue weighted by Crippen LogP contribution is -2.07. The lowest BCUT2D eigenvalue weighted by Gasteiger charge is -2.15. The second kappa shape index (κ2) is 9.21. The average molecular weight is 236 g/mol. The zero-order chi connectivity index (χ0) is 13.3. The quantitative estimate of drug-likeness (QED) is 0.431. The lowest BCUT2D eigenvalue weighted by atomic mass is 9.90. The number of carbonyl (C=O) groups excluding carboxylic acids is 1. The van der Waals surface area contributed by atoms with Gasteiger partial charge < -0.3 is 4.79 Å². The van der Waals surface area contributed by atoms with E-state index in [-0.39, 0.29) is 0 Å². The van der Waals surface area contributed by atoms with Crippen LogP contribution in [0.1, 0.15) is 60.3 Å². The summed E-state index contributed by atoms with van der Waals surface area (Å²) < 4.78 is 0.